The first-order chi connectivity index (χ1) is 6.59. The van der Waals surface area contributed by atoms with Crippen molar-refractivity contribution < 1.29 is 53.6 Å². The molecule has 0 N–H and O–H groups in total. The zero-order chi connectivity index (χ0) is 13.0. The number of carbonyl (C=O) groups excluding carboxylic acids is 4. The van der Waals surface area contributed by atoms with Crippen LogP contribution in [0.1, 0.15) is 27.7 Å². The number of ether oxygens (including phenoxy) is 1. The van der Waals surface area contributed by atoms with E-state index in [0.29, 0.717) is 0 Å². The van der Waals surface area contributed by atoms with E-state index < -0.39 is 23.9 Å². The number of carbonyl (C=O) groups is 4. The second-order valence-electron chi connectivity index (χ2n) is 2.07. The van der Waals surface area contributed by atoms with Gasteiger partial charge in [-0.1, -0.05) is 0 Å². The second-order valence-corrected chi connectivity index (χ2v) is 2.07. The summed E-state index contributed by atoms with van der Waals surface area (Å²) in [7, 11) is 0. The molecule has 0 aromatic carbocycles. The molecule has 0 saturated carbocycles. The summed E-state index contributed by atoms with van der Waals surface area (Å²) in [5.41, 5.74) is 0. The number of hydrogen-bond donors (Lipinski definition) is 0. The molecule has 0 saturated heterocycles. The van der Waals surface area contributed by atoms with Crippen molar-refractivity contribution in [1.82, 2.24) is 0 Å². The molecule has 0 radical (unpaired) electrons. The van der Waals surface area contributed by atoms with Gasteiger partial charge in [0, 0.05) is 25.8 Å². The number of esters is 2. The second kappa shape index (κ2) is 16.1. The Morgan fingerprint density at radius 1 is 0.750 bits per heavy atom. The summed E-state index contributed by atoms with van der Waals surface area (Å²) in [6.07, 6.45) is 0. The Bertz CT molecular complexity index is 205. The van der Waals surface area contributed by atoms with E-state index >= 15 is 0 Å². The molecule has 0 aliphatic rings. The third-order valence-corrected chi connectivity index (χ3v) is 0.287. The van der Waals surface area contributed by atoms with Crippen molar-refractivity contribution in [3.05, 3.63) is 0 Å². The van der Waals surface area contributed by atoms with Crippen molar-refractivity contribution in [3.63, 3.8) is 0 Å². The SMILES string of the molecule is CC(=O)OC(C)=O.CC(=O)[O-].CC(=O)[O-].[Zn+2]. The zero-order valence-electron chi connectivity index (χ0n) is 9.56. The molecule has 0 aliphatic heterocycles. The van der Waals surface area contributed by atoms with Crippen molar-refractivity contribution in [2.45, 2.75) is 27.7 Å². The molecule has 0 amide bonds. The summed E-state index contributed by atoms with van der Waals surface area (Å²) in [6, 6.07) is 0. The van der Waals surface area contributed by atoms with E-state index in [1.54, 1.807) is 0 Å². The van der Waals surface area contributed by atoms with Crippen molar-refractivity contribution in [2.24, 2.45) is 0 Å². The van der Waals surface area contributed by atoms with E-state index in [2.05, 4.69) is 4.74 Å². The van der Waals surface area contributed by atoms with Crippen molar-refractivity contribution in [1.29, 1.82) is 0 Å². The fourth-order valence-corrected chi connectivity index (χ4v) is 0.202. The van der Waals surface area contributed by atoms with Gasteiger partial charge >= 0.3 is 31.4 Å². The Hall–Kier alpha value is -1.30. The summed E-state index contributed by atoms with van der Waals surface area (Å²) in [6.45, 7) is 4.31. The van der Waals surface area contributed by atoms with Crippen LogP contribution in [-0.4, -0.2) is 23.9 Å². The van der Waals surface area contributed by atoms with Crippen LogP contribution in [-0.2, 0) is 43.4 Å². The number of aliphatic carboxylic acids is 2. The fourth-order valence-electron chi connectivity index (χ4n) is 0.202. The normalized spacial score (nSPS) is 6.50. The molecule has 0 aromatic heterocycles. The molecule has 0 heterocycles. The van der Waals surface area contributed by atoms with E-state index in [-0.39, 0.29) is 19.5 Å². The molecule has 16 heavy (non-hydrogen) atoms. The molecule has 0 bridgehead atoms. The van der Waals surface area contributed by atoms with Gasteiger partial charge in [-0.3, -0.25) is 9.59 Å². The first-order valence-corrected chi connectivity index (χ1v) is 3.63. The number of carboxylic acid groups (broad SMARTS) is 2. The minimum atomic E-state index is -1.08. The van der Waals surface area contributed by atoms with E-state index in [1.807, 2.05) is 0 Å². The quantitative estimate of drug-likeness (QED) is 0.276. The van der Waals surface area contributed by atoms with Crippen molar-refractivity contribution in [3.8, 4) is 0 Å². The van der Waals surface area contributed by atoms with Gasteiger partial charge in [-0.15, -0.1) is 0 Å². The summed E-state index contributed by atoms with van der Waals surface area (Å²) in [5, 5.41) is 17.8. The average molecular weight is 286 g/mol. The van der Waals surface area contributed by atoms with Gasteiger partial charge in [0.15, 0.2) is 0 Å². The van der Waals surface area contributed by atoms with Crippen LogP contribution in [0.4, 0.5) is 0 Å². The van der Waals surface area contributed by atoms with Crippen LogP contribution in [0.3, 0.4) is 0 Å². The molecule has 0 unspecified atom stereocenters. The van der Waals surface area contributed by atoms with Gasteiger partial charge in [0.2, 0.25) is 0 Å². The van der Waals surface area contributed by atoms with Crippen LogP contribution in [0.2, 0.25) is 0 Å². The third kappa shape index (κ3) is 238. The summed E-state index contributed by atoms with van der Waals surface area (Å²) < 4.78 is 3.97. The Kier molecular flexibility index (Phi) is 24.3. The molecule has 0 fully saturated rings. The predicted octanol–water partition coefficient (Wildman–Crippen LogP) is -2.39. The zero-order valence-corrected chi connectivity index (χ0v) is 12.5. The summed E-state index contributed by atoms with van der Waals surface area (Å²) in [5.74, 6) is -3.29. The first-order valence-electron chi connectivity index (χ1n) is 3.63. The Morgan fingerprint density at radius 3 is 0.875 bits per heavy atom. The number of carboxylic acids is 2. The molecular weight excluding hydrogens is 273 g/mol. The van der Waals surface area contributed by atoms with E-state index in [1.165, 1.54) is 13.8 Å². The van der Waals surface area contributed by atoms with Crippen LogP contribution >= 0.6 is 0 Å². The minimum absolute atomic E-state index is 0. The molecule has 7 nitrogen and oxygen atoms in total. The van der Waals surface area contributed by atoms with Crippen LogP contribution in [0.5, 0.6) is 0 Å². The molecule has 0 rings (SSSR count). The molecule has 0 spiro atoms. The third-order valence-electron chi connectivity index (χ3n) is 0.287. The van der Waals surface area contributed by atoms with Gasteiger partial charge < -0.3 is 24.5 Å². The van der Waals surface area contributed by atoms with E-state index in [9.17, 15) is 9.59 Å². The fraction of sp³-hybridized carbons (Fsp3) is 0.500. The van der Waals surface area contributed by atoms with E-state index in [0.717, 1.165) is 13.8 Å². The standard InChI is InChI=1S/C4H6O3.2C2H4O2.Zn/c1-3(5)7-4(2)6;2*1-2(3)4;/h1-2H3;2*1H3,(H,3,4);/q;;;+2/p-2. The van der Waals surface area contributed by atoms with Gasteiger partial charge in [-0.25, -0.2) is 0 Å². The maximum absolute atomic E-state index is 9.81. The molecule has 0 atom stereocenters. The Balaban J connectivity index is -0.0000000700. The molecule has 8 heteroatoms. The van der Waals surface area contributed by atoms with E-state index in [4.69, 9.17) is 19.8 Å². The summed E-state index contributed by atoms with van der Waals surface area (Å²) in [4.78, 5) is 37.4. The predicted molar refractivity (Wildman–Crippen MR) is 43.8 cm³/mol. The smallest absolute Gasteiger partial charge is 0.550 e. The van der Waals surface area contributed by atoms with Crippen molar-refractivity contribution in [2.75, 3.05) is 0 Å². The largest absolute Gasteiger partial charge is 2.00 e. The molecule has 0 aromatic rings. The van der Waals surface area contributed by atoms with Gasteiger partial charge in [0.1, 0.15) is 0 Å². The minimum Gasteiger partial charge on any atom is -0.550 e. The van der Waals surface area contributed by atoms with Crippen LogP contribution in [0, 0.1) is 0 Å². The Morgan fingerprint density at radius 2 is 0.875 bits per heavy atom. The first kappa shape index (κ1) is 24.1. The van der Waals surface area contributed by atoms with Crippen LogP contribution in [0.15, 0.2) is 0 Å². The average Bonchev–Trinajstić information content (AvgIpc) is 1.78. The van der Waals surface area contributed by atoms with Crippen LogP contribution < -0.4 is 10.2 Å². The monoisotopic (exact) mass is 284 g/mol. The van der Waals surface area contributed by atoms with Gasteiger partial charge in [0.05, 0.1) is 0 Å². The topological polar surface area (TPSA) is 124 Å². The number of hydrogen-bond acceptors (Lipinski definition) is 7. The van der Waals surface area contributed by atoms with Crippen molar-refractivity contribution >= 4 is 23.9 Å². The van der Waals surface area contributed by atoms with Gasteiger partial charge in [-0.2, -0.15) is 0 Å². The Labute approximate surface area is 106 Å². The molecule has 88 valence electrons. The summed E-state index contributed by atoms with van der Waals surface area (Å²) >= 11 is 0. The van der Waals surface area contributed by atoms with Gasteiger partial charge in [-0.05, 0) is 13.8 Å². The molecular formula is C8H12O7Zn. The van der Waals surface area contributed by atoms with Crippen LogP contribution in [0.25, 0.3) is 0 Å². The maximum Gasteiger partial charge on any atom is 2.00 e. The maximum atomic E-state index is 9.81. The van der Waals surface area contributed by atoms with Gasteiger partial charge in [0.25, 0.3) is 0 Å². The number of rotatable bonds is 0. The molecule has 0 aliphatic carbocycles.